The molecule has 0 bridgehead atoms. The van der Waals surface area contributed by atoms with Crippen LogP contribution in [0.2, 0.25) is 0 Å². The minimum Gasteiger partial charge on any atom is -0.439 e. The predicted molar refractivity (Wildman–Crippen MR) is 105 cm³/mol. The van der Waals surface area contributed by atoms with Crippen molar-refractivity contribution in [2.24, 2.45) is 0 Å². The average molecular weight is 514 g/mol. The summed E-state index contributed by atoms with van der Waals surface area (Å²) in [5, 5.41) is 4.11. The smallest absolute Gasteiger partial charge is 0.439 e. The number of ether oxygens (including phenoxy) is 2. The zero-order valence-electron chi connectivity index (χ0n) is 17.2. The fraction of sp³-hybridized carbons (Fsp3) is 0.444. The lowest BCUT2D eigenvalue weighted by molar-refractivity contribution is -0.274. The van der Waals surface area contributed by atoms with Crippen molar-refractivity contribution in [1.82, 2.24) is 15.2 Å². The number of anilines is 1. The highest BCUT2D eigenvalue weighted by Crippen LogP contribution is 2.48. The van der Waals surface area contributed by atoms with Gasteiger partial charge in [0.25, 0.3) is 5.91 Å². The van der Waals surface area contributed by atoms with Crippen LogP contribution in [-0.4, -0.2) is 66.1 Å². The van der Waals surface area contributed by atoms with Gasteiger partial charge in [-0.1, -0.05) is 11.3 Å². The van der Waals surface area contributed by atoms with E-state index in [9.17, 15) is 40.7 Å². The van der Waals surface area contributed by atoms with Gasteiger partial charge in [0.15, 0.2) is 11.7 Å². The maximum atomic E-state index is 12.8. The Morgan fingerprint density at radius 2 is 1.85 bits per heavy atom. The van der Waals surface area contributed by atoms with Crippen molar-refractivity contribution in [3.63, 3.8) is 0 Å². The third kappa shape index (κ3) is 6.39. The number of hydrogen-bond acceptors (Lipinski definition) is 7. The molecule has 0 radical (unpaired) electrons. The van der Waals surface area contributed by atoms with E-state index in [2.05, 4.69) is 19.8 Å². The van der Waals surface area contributed by atoms with Crippen LogP contribution in [-0.2, 0) is 14.3 Å². The third-order valence-electron chi connectivity index (χ3n) is 4.61. The van der Waals surface area contributed by atoms with E-state index < -0.39 is 54.9 Å². The van der Waals surface area contributed by atoms with E-state index in [4.69, 9.17) is 0 Å². The Morgan fingerprint density at radius 1 is 1.18 bits per heavy atom. The van der Waals surface area contributed by atoms with Crippen LogP contribution in [0, 0.1) is 0 Å². The van der Waals surface area contributed by atoms with Gasteiger partial charge in [-0.05, 0) is 25.0 Å². The first-order valence-electron chi connectivity index (χ1n) is 9.39. The van der Waals surface area contributed by atoms with Gasteiger partial charge in [-0.2, -0.15) is 13.2 Å². The molecule has 16 heteroatoms. The van der Waals surface area contributed by atoms with Crippen molar-refractivity contribution in [3.8, 4) is 5.75 Å². The number of alkyl carbamates (subject to hydrolysis) is 1. The highest BCUT2D eigenvalue weighted by Gasteiger charge is 2.64. The molecule has 1 aliphatic rings. The zero-order valence-corrected chi connectivity index (χ0v) is 18.0. The Labute approximate surface area is 191 Å². The average Bonchev–Trinajstić information content (AvgIpc) is 3.37. The Kier molecular flexibility index (Phi) is 6.82. The fourth-order valence-electron chi connectivity index (χ4n) is 2.69. The van der Waals surface area contributed by atoms with Gasteiger partial charge in [-0.15, -0.1) is 13.2 Å². The second kappa shape index (κ2) is 9.15. The molecule has 186 valence electrons. The van der Waals surface area contributed by atoms with Gasteiger partial charge in [0.05, 0.1) is 16.8 Å². The molecule has 0 aliphatic heterocycles. The van der Waals surface area contributed by atoms with Crippen LogP contribution in [0.15, 0.2) is 18.2 Å². The van der Waals surface area contributed by atoms with Crippen molar-refractivity contribution < 1.29 is 50.2 Å². The number of carbonyl (C=O) groups excluding carboxylic acids is 3. The molecule has 0 saturated heterocycles. The number of benzene rings is 1. The molecule has 1 aromatic heterocycles. The van der Waals surface area contributed by atoms with E-state index in [1.165, 1.54) is 13.1 Å². The van der Waals surface area contributed by atoms with E-state index in [1.54, 1.807) is 5.32 Å². The summed E-state index contributed by atoms with van der Waals surface area (Å²) < 4.78 is 84.0. The van der Waals surface area contributed by atoms with Crippen molar-refractivity contribution >= 4 is 44.6 Å². The van der Waals surface area contributed by atoms with E-state index >= 15 is 0 Å². The molecule has 1 fully saturated rings. The molecule has 1 saturated carbocycles. The van der Waals surface area contributed by atoms with Crippen LogP contribution in [0.1, 0.15) is 12.8 Å². The molecule has 1 aliphatic carbocycles. The van der Waals surface area contributed by atoms with Crippen LogP contribution >= 0.6 is 11.3 Å². The summed E-state index contributed by atoms with van der Waals surface area (Å²) in [7, 11) is 1.19. The summed E-state index contributed by atoms with van der Waals surface area (Å²) in [4.78, 5) is 40.6. The molecule has 9 nitrogen and oxygen atoms in total. The minimum atomic E-state index is -4.87. The molecule has 3 rings (SSSR count). The molecule has 2 aromatic rings. The zero-order chi connectivity index (χ0) is 25.3. The first-order valence-corrected chi connectivity index (χ1v) is 10.2. The van der Waals surface area contributed by atoms with Crippen LogP contribution < -0.4 is 15.4 Å². The second-order valence-electron chi connectivity index (χ2n) is 7.28. The first-order chi connectivity index (χ1) is 15.7. The van der Waals surface area contributed by atoms with Gasteiger partial charge in [0.2, 0.25) is 5.91 Å². The predicted octanol–water partition coefficient (Wildman–Crippen LogP) is 3.41. The van der Waals surface area contributed by atoms with Crippen molar-refractivity contribution in [2.75, 3.05) is 25.5 Å². The summed E-state index contributed by atoms with van der Waals surface area (Å²) in [6.07, 6.45) is -11.5. The van der Waals surface area contributed by atoms with E-state index in [0.717, 1.165) is 28.4 Å². The van der Waals surface area contributed by atoms with Gasteiger partial charge in [0, 0.05) is 13.1 Å². The van der Waals surface area contributed by atoms with E-state index in [-0.39, 0.29) is 18.0 Å². The van der Waals surface area contributed by atoms with E-state index in [0.29, 0.717) is 10.2 Å². The number of nitrogens with one attached hydrogen (secondary N) is 2. The van der Waals surface area contributed by atoms with E-state index in [1.807, 2.05) is 0 Å². The number of rotatable bonds is 7. The molecule has 34 heavy (non-hydrogen) atoms. The van der Waals surface area contributed by atoms with Crippen molar-refractivity contribution in [2.45, 2.75) is 30.9 Å². The largest absolute Gasteiger partial charge is 0.573 e. The minimum absolute atomic E-state index is 0.0440. The second-order valence-corrected chi connectivity index (χ2v) is 8.31. The first kappa shape index (κ1) is 25.3. The number of hydrogen-bond donors (Lipinski definition) is 2. The molecular weight excluding hydrogens is 498 g/mol. The molecule has 3 amide bonds. The maximum Gasteiger partial charge on any atom is 0.573 e. The Bertz CT molecular complexity index is 1100. The Hall–Kier alpha value is -3.30. The Morgan fingerprint density at radius 3 is 2.44 bits per heavy atom. The van der Waals surface area contributed by atoms with Gasteiger partial charge < -0.3 is 25.0 Å². The van der Waals surface area contributed by atoms with Crippen molar-refractivity contribution in [1.29, 1.82) is 0 Å². The van der Waals surface area contributed by atoms with Crippen molar-refractivity contribution in [3.05, 3.63) is 18.2 Å². The van der Waals surface area contributed by atoms with Gasteiger partial charge in [-0.25, -0.2) is 9.78 Å². The standard InChI is InChI=1S/C18H16F6N4O5S/c1-28(13(30)8-32-15(31)27-16(4-5-16)17(19,20)21)7-12(29)26-14-25-10-3-2-9(6-11(10)34-14)33-18(22,23)24/h2-3,6H,4-5,7-8H2,1H3,(H,27,31)(H,25,26,29). The lowest BCUT2D eigenvalue weighted by atomic mass is 10.3. The number of likely N-dealkylation sites (N-methyl/N-ethyl adjacent to an activating group) is 1. The normalized spacial score (nSPS) is 14.9. The highest BCUT2D eigenvalue weighted by molar-refractivity contribution is 7.22. The molecule has 1 aromatic carbocycles. The summed E-state index contributed by atoms with van der Waals surface area (Å²) in [6, 6.07) is 3.42. The van der Waals surface area contributed by atoms with Crippen LogP contribution in [0.25, 0.3) is 10.2 Å². The monoisotopic (exact) mass is 514 g/mol. The lowest BCUT2D eigenvalue weighted by Gasteiger charge is -2.21. The number of amides is 3. The van der Waals surface area contributed by atoms with Crippen LogP contribution in [0.3, 0.4) is 0 Å². The fourth-order valence-corrected chi connectivity index (χ4v) is 3.60. The Balaban J connectivity index is 1.48. The molecule has 0 atom stereocenters. The van der Waals surface area contributed by atoms with Gasteiger partial charge >= 0.3 is 18.6 Å². The van der Waals surface area contributed by atoms with Gasteiger partial charge in [0.1, 0.15) is 11.3 Å². The summed E-state index contributed by atoms with van der Waals surface area (Å²) >= 11 is 0.865. The summed E-state index contributed by atoms with van der Waals surface area (Å²) in [5.74, 6) is -2.04. The quantitative estimate of drug-likeness (QED) is 0.549. The summed E-state index contributed by atoms with van der Waals surface area (Å²) in [5.41, 5.74) is -2.04. The number of halogens is 6. The molecule has 0 unspecified atom stereocenters. The summed E-state index contributed by atoms with van der Waals surface area (Å²) in [6.45, 7) is -1.42. The SMILES string of the molecule is CN(CC(=O)Nc1nc2ccc(OC(F)(F)F)cc2s1)C(=O)COC(=O)NC1(C(F)(F)F)CC1. The molecule has 2 N–H and O–H groups in total. The number of nitrogens with zero attached hydrogens (tertiary/aromatic N) is 2. The lowest BCUT2D eigenvalue weighted by Crippen LogP contribution is -2.48. The number of alkyl halides is 6. The third-order valence-corrected chi connectivity index (χ3v) is 5.54. The molecule has 1 heterocycles. The number of aromatic nitrogens is 1. The van der Waals surface area contributed by atoms with Gasteiger partial charge in [-0.3, -0.25) is 9.59 Å². The number of thiazole rings is 1. The topological polar surface area (TPSA) is 110 Å². The molecule has 0 spiro atoms. The highest BCUT2D eigenvalue weighted by atomic mass is 32.1. The maximum absolute atomic E-state index is 12.8. The van der Waals surface area contributed by atoms with Crippen LogP contribution in [0.5, 0.6) is 5.75 Å². The molecular formula is C18H16F6N4O5S. The van der Waals surface area contributed by atoms with Crippen LogP contribution in [0.4, 0.5) is 36.3 Å². The number of fused-ring (bicyclic) bond motifs is 1. The number of carbonyl (C=O) groups is 3.